The van der Waals surface area contributed by atoms with Crippen LogP contribution in [0.25, 0.3) is 0 Å². The van der Waals surface area contributed by atoms with Crippen LogP contribution in [0.1, 0.15) is 61.0 Å². The molecule has 0 radical (unpaired) electrons. The quantitative estimate of drug-likeness (QED) is 0.412. The Hall–Kier alpha value is -2.38. The highest BCUT2D eigenvalue weighted by atomic mass is 16.1. The van der Waals surface area contributed by atoms with Crippen LogP contribution in [0.15, 0.2) is 36.7 Å². The van der Waals surface area contributed by atoms with E-state index in [0.717, 1.165) is 49.4 Å². The molecule has 0 unspecified atom stereocenters. The van der Waals surface area contributed by atoms with Gasteiger partial charge in [0.1, 0.15) is 0 Å². The molecule has 0 spiro atoms. The van der Waals surface area contributed by atoms with Crippen LogP contribution in [0.4, 0.5) is 0 Å². The third kappa shape index (κ3) is 6.07. The summed E-state index contributed by atoms with van der Waals surface area (Å²) in [6.07, 6.45) is 9.80. The smallest absolute Gasteiger partial charge is 0.159 e. The molecule has 4 nitrogen and oxygen atoms in total. The minimum Gasteiger partial charge on any atom is -0.303 e. The van der Waals surface area contributed by atoms with E-state index in [1.54, 1.807) is 6.92 Å². The lowest BCUT2D eigenvalue weighted by molar-refractivity contribution is 0.101. The van der Waals surface area contributed by atoms with E-state index in [0.29, 0.717) is 0 Å². The number of likely N-dealkylation sites (tertiary alicyclic amines) is 1. The molecule has 1 saturated heterocycles. The van der Waals surface area contributed by atoms with Gasteiger partial charge < -0.3 is 4.90 Å². The number of piperidine rings is 1. The van der Waals surface area contributed by atoms with Crippen molar-refractivity contribution in [2.75, 3.05) is 19.6 Å². The number of unbranched alkanes of at least 4 members (excludes halogenated alkanes) is 1. The molecule has 0 saturated carbocycles. The number of hydrogen-bond acceptors (Lipinski definition) is 3. The number of aryl methyl sites for hydroxylation is 1. The predicted molar refractivity (Wildman–Crippen MR) is 113 cm³/mol. The number of carbonyl (C=O) groups is 1. The van der Waals surface area contributed by atoms with Crippen LogP contribution in [0.5, 0.6) is 0 Å². The van der Waals surface area contributed by atoms with Crippen molar-refractivity contribution >= 4 is 5.78 Å². The lowest BCUT2D eigenvalue weighted by Gasteiger charge is -2.31. The number of aromatic nitrogens is 2. The molecule has 0 aliphatic carbocycles. The second kappa shape index (κ2) is 10.2. The number of rotatable bonds is 7. The van der Waals surface area contributed by atoms with Crippen LogP contribution >= 0.6 is 0 Å². The summed E-state index contributed by atoms with van der Waals surface area (Å²) in [7, 11) is 0. The molecule has 3 rings (SSSR count). The monoisotopic (exact) mass is 377 g/mol. The van der Waals surface area contributed by atoms with Gasteiger partial charge in [0.2, 0.25) is 0 Å². The van der Waals surface area contributed by atoms with Crippen LogP contribution in [0.2, 0.25) is 0 Å². The summed E-state index contributed by atoms with van der Waals surface area (Å²) in [5.74, 6) is 7.31. The molecule has 2 aromatic rings. The molecule has 28 heavy (non-hydrogen) atoms. The zero-order valence-corrected chi connectivity index (χ0v) is 17.2. The highest BCUT2D eigenvalue weighted by Crippen LogP contribution is 2.19. The molecule has 1 aromatic heterocycles. The highest BCUT2D eigenvalue weighted by molar-refractivity contribution is 5.94. The van der Waals surface area contributed by atoms with Crippen molar-refractivity contribution in [3.05, 3.63) is 53.3 Å². The largest absolute Gasteiger partial charge is 0.303 e. The number of nitrogens with zero attached hydrogens (tertiary/aromatic N) is 3. The Morgan fingerprint density at radius 3 is 2.61 bits per heavy atom. The molecular formula is C24H31N3O. The second-order valence-electron chi connectivity index (χ2n) is 7.75. The summed E-state index contributed by atoms with van der Waals surface area (Å²) >= 11 is 0. The van der Waals surface area contributed by atoms with Gasteiger partial charge in [0.15, 0.2) is 5.78 Å². The minimum atomic E-state index is 0.0959. The molecule has 0 amide bonds. The third-order valence-corrected chi connectivity index (χ3v) is 5.55. The molecular weight excluding hydrogens is 346 g/mol. The molecule has 148 valence electrons. The fourth-order valence-electron chi connectivity index (χ4n) is 3.69. The number of Topliss-reactive ketones (excluding diaryl/α,β-unsaturated/α-hetero) is 1. The summed E-state index contributed by atoms with van der Waals surface area (Å²) < 4.78 is 2.12. The zero-order valence-electron chi connectivity index (χ0n) is 17.2. The Kier molecular flexibility index (Phi) is 7.45. The van der Waals surface area contributed by atoms with Crippen LogP contribution in [-0.2, 0) is 13.0 Å². The SMILES string of the molecule is CCc1cnn(CC2CCN(CCCC#Cc3ccc(C(C)=O)cc3)CC2)c1. The van der Waals surface area contributed by atoms with Crippen molar-refractivity contribution < 1.29 is 4.79 Å². The van der Waals surface area contributed by atoms with E-state index < -0.39 is 0 Å². The lowest BCUT2D eigenvalue weighted by Crippen LogP contribution is -2.35. The van der Waals surface area contributed by atoms with E-state index in [9.17, 15) is 4.79 Å². The van der Waals surface area contributed by atoms with Crippen molar-refractivity contribution in [1.29, 1.82) is 0 Å². The molecule has 1 aromatic carbocycles. The Balaban J connectivity index is 1.33. The van der Waals surface area contributed by atoms with E-state index in [4.69, 9.17) is 0 Å². The summed E-state index contributed by atoms with van der Waals surface area (Å²) in [5.41, 5.74) is 3.05. The van der Waals surface area contributed by atoms with Crippen LogP contribution in [-0.4, -0.2) is 40.1 Å². The van der Waals surface area contributed by atoms with Crippen molar-refractivity contribution in [1.82, 2.24) is 14.7 Å². The first kappa shape index (κ1) is 20.4. The molecule has 4 heteroatoms. The topological polar surface area (TPSA) is 38.1 Å². The summed E-state index contributed by atoms with van der Waals surface area (Å²) in [4.78, 5) is 13.9. The van der Waals surface area contributed by atoms with Gasteiger partial charge >= 0.3 is 0 Å². The molecule has 0 bridgehead atoms. The predicted octanol–water partition coefficient (Wildman–Crippen LogP) is 4.19. The Morgan fingerprint density at radius 2 is 1.96 bits per heavy atom. The maximum absolute atomic E-state index is 11.3. The average molecular weight is 378 g/mol. The van der Waals surface area contributed by atoms with E-state index in [1.165, 1.54) is 31.5 Å². The van der Waals surface area contributed by atoms with Gasteiger partial charge in [-0.05, 0) is 75.9 Å². The van der Waals surface area contributed by atoms with Gasteiger partial charge in [-0.25, -0.2) is 0 Å². The number of ketones is 1. The van der Waals surface area contributed by atoms with Gasteiger partial charge in [0.25, 0.3) is 0 Å². The fraction of sp³-hybridized carbons (Fsp3) is 0.500. The van der Waals surface area contributed by atoms with Gasteiger partial charge in [-0.1, -0.05) is 30.9 Å². The van der Waals surface area contributed by atoms with Gasteiger partial charge in [-0.2, -0.15) is 5.10 Å². The van der Waals surface area contributed by atoms with Crippen molar-refractivity contribution in [2.45, 2.75) is 52.5 Å². The highest BCUT2D eigenvalue weighted by Gasteiger charge is 2.19. The number of benzene rings is 1. The molecule has 1 aliphatic rings. The first-order valence-corrected chi connectivity index (χ1v) is 10.5. The standard InChI is InChI=1S/C24H31N3O/c1-3-21-17-25-27(18-21)19-23-12-15-26(16-13-23)14-6-4-5-7-22-8-10-24(11-9-22)20(2)28/h8-11,17-18,23H,3-4,6,12-16,19H2,1-2H3. The number of hydrogen-bond donors (Lipinski definition) is 0. The van der Waals surface area contributed by atoms with Crippen LogP contribution < -0.4 is 0 Å². The first-order valence-electron chi connectivity index (χ1n) is 10.5. The second-order valence-corrected chi connectivity index (χ2v) is 7.75. The first-order chi connectivity index (χ1) is 13.6. The maximum atomic E-state index is 11.3. The van der Waals surface area contributed by atoms with Gasteiger partial charge in [0.05, 0.1) is 6.20 Å². The van der Waals surface area contributed by atoms with Crippen LogP contribution in [0.3, 0.4) is 0 Å². The van der Waals surface area contributed by atoms with E-state index >= 15 is 0 Å². The molecule has 2 heterocycles. The average Bonchev–Trinajstić information content (AvgIpc) is 3.17. The van der Waals surface area contributed by atoms with E-state index in [-0.39, 0.29) is 5.78 Å². The number of carbonyl (C=O) groups excluding carboxylic acids is 1. The van der Waals surface area contributed by atoms with Gasteiger partial charge in [-0.15, -0.1) is 0 Å². The molecule has 1 aliphatic heterocycles. The Morgan fingerprint density at radius 1 is 1.21 bits per heavy atom. The molecule has 0 atom stereocenters. The maximum Gasteiger partial charge on any atom is 0.159 e. The lowest BCUT2D eigenvalue weighted by atomic mass is 9.96. The van der Waals surface area contributed by atoms with Crippen molar-refractivity contribution in [3.63, 3.8) is 0 Å². The molecule has 0 N–H and O–H groups in total. The third-order valence-electron chi connectivity index (χ3n) is 5.55. The van der Waals surface area contributed by atoms with E-state index in [1.807, 2.05) is 30.5 Å². The van der Waals surface area contributed by atoms with Gasteiger partial charge in [-0.3, -0.25) is 9.48 Å². The zero-order chi connectivity index (χ0) is 19.8. The Bertz CT molecular complexity index is 818. The van der Waals surface area contributed by atoms with E-state index in [2.05, 4.69) is 39.6 Å². The van der Waals surface area contributed by atoms with Crippen LogP contribution in [0, 0.1) is 17.8 Å². The molecule has 1 fully saturated rings. The van der Waals surface area contributed by atoms with Crippen molar-refractivity contribution in [3.8, 4) is 11.8 Å². The summed E-state index contributed by atoms with van der Waals surface area (Å²) in [6, 6.07) is 7.56. The fourth-order valence-corrected chi connectivity index (χ4v) is 3.69. The minimum absolute atomic E-state index is 0.0959. The normalized spacial score (nSPS) is 15.2. The van der Waals surface area contributed by atoms with Crippen molar-refractivity contribution in [2.24, 2.45) is 5.92 Å². The summed E-state index contributed by atoms with van der Waals surface area (Å²) in [6.45, 7) is 8.32. The summed E-state index contributed by atoms with van der Waals surface area (Å²) in [5, 5.41) is 4.48. The van der Waals surface area contributed by atoms with Gasteiger partial charge in [0, 0.05) is 30.3 Å². The Labute approximate surface area is 168 Å².